The second kappa shape index (κ2) is 7.67. The molecule has 2 aromatic heterocycles. The topological polar surface area (TPSA) is 103 Å². The fourth-order valence-electron chi connectivity index (χ4n) is 3.72. The van der Waals surface area contributed by atoms with Gasteiger partial charge in [-0.15, -0.1) is 0 Å². The summed E-state index contributed by atoms with van der Waals surface area (Å²) in [6.07, 6.45) is -0.232. The van der Waals surface area contributed by atoms with Crippen LogP contribution in [0.4, 0.5) is 5.95 Å². The Hall–Kier alpha value is -4.01. The molecule has 5 rings (SSSR count). The first-order chi connectivity index (χ1) is 15.1. The van der Waals surface area contributed by atoms with E-state index in [4.69, 9.17) is 9.47 Å². The number of nitrogens with one attached hydrogen (secondary N) is 2. The highest BCUT2D eigenvalue weighted by Crippen LogP contribution is 2.30. The van der Waals surface area contributed by atoms with E-state index in [0.717, 1.165) is 11.0 Å². The smallest absolute Gasteiger partial charge is 0.329 e. The average molecular weight is 419 g/mol. The third kappa shape index (κ3) is 3.65. The van der Waals surface area contributed by atoms with Crippen molar-refractivity contribution in [1.29, 1.82) is 0 Å². The number of H-pyrrole nitrogens is 1. The van der Waals surface area contributed by atoms with Gasteiger partial charge in [-0.05, 0) is 24.3 Å². The molecule has 0 amide bonds. The molecular formula is C22H21N5O4. The number of hydrogen-bond donors (Lipinski definition) is 2. The highest BCUT2D eigenvalue weighted by molar-refractivity contribution is 5.75. The highest BCUT2D eigenvalue weighted by Gasteiger charge is 2.20. The number of imidazole rings is 1. The maximum atomic E-state index is 12.7. The lowest BCUT2D eigenvalue weighted by Crippen LogP contribution is -2.36. The van der Waals surface area contributed by atoms with Gasteiger partial charge in [0.2, 0.25) is 5.95 Å². The van der Waals surface area contributed by atoms with Crippen LogP contribution < -0.4 is 26.0 Å². The van der Waals surface area contributed by atoms with Crippen molar-refractivity contribution in [2.75, 3.05) is 18.5 Å². The van der Waals surface area contributed by atoms with Crippen molar-refractivity contribution in [1.82, 2.24) is 19.1 Å². The van der Waals surface area contributed by atoms with Gasteiger partial charge in [-0.3, -0.25) is 18.9 Å². The van der Waals surface area contributed by atoms with Crippen LogP contribution in [0.2, 0.25) is 0 Å². The number of rotatable bonds is 5. The normalized spacial score (nSPS) is 15.2. The second-order valence-electron chi connectivity index (χ2n) is 7.38. The van der Waals surface area contributed by atoms with Crippen molar-refractivity contribution in [3.8, 4) is 11.5 Å². The van der Waals surface area contributed by atoms with Crippen molar-refractivity contribution >= 4 is 17.0 Å². The molecule has 4 aromatic rings. The number of fused-ring (bicyclic) bond motifs is 2. The number of para-hydroxylation sites is 4. The monoisotopic (exact) mass is 419 g/mol. The van der Waals surface area contributed by atoms with E-state index in [0.29, 0.717) is 36.3 Å². The quantitative estimate of drug-likeness (QED) is 0.511. The summed E-state index contributed by atoms with van der Waals surface area (Å²) in [4.78, 5) is 32.0. The Balaban J connectivity index is 1.34. The molecule has 0 saturated heterocycles. The molecule has 2 N–H and O–H groups in total. The van der Waals surface area contributed by atoms with E-state index in [1.165, 1.54) is 6.07 Å². The van der Waals surface area contributed by atoms with Gasteiger partial charge in [0.15, 0.2) is 11.5 Å². The molecular weight excluding hydrogens is 398 g/mol. The van der Waals surface area contributed by atoms with E-state index in [9.17, 15) is 9.59 Å². The largest absolute Gasteiger partial charge is 0.486 e. The van der Waals surface area contributed by atoms with Crippen molar-refractivity contribution in [3.63, 3.8) is 0 Å². The molecule has 9 nitrogen and oxygen atoms in total. The summed E-state index contributed by atoms with van der Waals surface area (Å²) in [5.74, 6) is 1.72. The summed E-state index contributed by atoms with van der Waals surface area (Å²) >= 11 is 0. The zero-order valence-electron chi connectivity index (χ0n) is 16.9. The molecule has 0 radical (unpaired) electrons. The van der Waals surface area contributed by atoms with Gasteiger partial charge < -0.3 is 14.8 Å². The Morgan fingerprint density at radius 1 is 1.10 bits per heavy atom. The first kappa shape index (κ1) is 19.0. The number of aromatic nitrogens is 4. The fourth-order valence-corrected chi connectivity index (χ4v) is 3.72. The van der Waals surface area contributed by atoms with E-state index in [-0.39, 0.29) is 23.9 Å². The van der Waals surface area contributed by atoms with E-state index >= 15 is 0 Å². The lowest BCUT2D eigenvalue weighted by Gasteiger charge is -2.26. The van der Waals surface area contributed by atoms with Gasteiger partial charge in [0.05, 0.1) is 29.8 Å². The number of anilines is 1. The van der Waals surface area contributed by atoms with E-state index < -0.39 is 0 Å². The van der Waals surface area contributed by atoms with Crippen molar-refractivity contribution in [2.45, 2.75) is 12.6 Å². The van der Waals surface area contributed by atoms with Crippen molar-refractivity contribution in [2.24, 2.45) is 7.05 Å². The van der Waals surface area contributed by atoms with Gasteiger partial charge in [0.1, 0.15) is 12.7 Å². The Bertz CT molecular complexity index is 1370. The Morgan fingerprint density at radius 3 is 2.68 bits per heavy atom. The molecule has 1 aliphatic rings. The third-order valence-electron chi connectivity index (χ3n) is 5.23. The molecule has 1 unspecified atom stereocenters. The van der Waals surface area contributed by atoms with Gasteiger partial charge in [-0.2, -0.15) is 0 Å². The molecule has 9 heteroatoms. The summed E-state index contributed by atoms with van der Waals surface area (Å²) in [5, 5.41) is 3.10. The van der Waals surface area contributed by atoms with Gasteiger partial charge in [0.25, 0.3) is 5.56 Å². The van der Waals surface area contributed by atoms with Crippen LogP contribution in [-0.2, 0) is 13.6 Å². The van der Waals surface area contributed by atoms with Gasteiger partial charge in [-0.25, -0.2) is 9.78 Å². The number of ether oxygens (including phenoxy) is 2. The van der Waals surface area contributed by atoms with Gasteiger partial charge in [-0.1, -0.05) is 24.3 Å². The average Bonchev–Trinajstić information content (AvgIpc) is 3.02. The Morgan fingerprint density at radius 2 is 1.84 bits per heavy atom. The standard InChI is InChI=1S/C22H21N5O4/c1-26-16-6-2-3-7-17(16)27(22(26)29)12-14-10-20(28)25-21(24-14)23-11-15-13-30-18-8-4-5-9-19(18)31-15/h2-10,15H,11-13H2,1H3,(H2,23,24,25,28). The summed E-state index contributed by atoms with van der Waals surface area (Å²) in [6.45, 7) is 0.976. The predicted octanol–water partition coefficient (Wildman–Crippen LogP) is 1.72. The first-order valence-corrected chi connectivity index (χ1v) is 9.95. The molecule has 3 heterocycles. The maximum absolute atomic E-state index is 12.7. The summed E-state index contributed by atoms with van der Waals surface area (Å²) < 4.78 is 14.8. The highest BCUT2D eigenvalue weighted by atomic mass is 16.6. The number of benzene rings is 2. The molecule has 158 valence electrons. The lowest BCUT2D eigenvalue weighted by molar-refractivity contribution is 0.0996. The minimum atomic E-state index is -0.299. The molecule has 31 heavy (non-hydrogen) atoms. The molecule has 0 fully saturated rings. The van der Waals surface area contributed by atoms with Crippen LogP contribution in [0, 0.1) is 0 Å². The van der Waals surface area contributed by atoms with Crippen LogP contribution in [-0.4, -0.2) is 38.4 Å². The van der Waals surface area contributed by atoms with Gasteiger partial charge in [0, 0.05) is 13.1 Å². The van der Waals surface area contributed by atoms with Crippen molar-refractivity contribution < 1.29 is 9.47 Å². The SMILES string of the molecule is Cn1c(=O)n(Cc2cc(=O)[nH]c(NCC3COc4ccccc4O3)n2)c2ccccc21. The molecule has 0 bridgehead atoms. The van der Waals surface area contributed by atoms with Crippen molar-refractivity contribution in [3.05, 3.63) is 81.1 Å². The van der Waals surface area contributed by atoms with Crippen LogP contribution >= 0.6 is 0 Å². The summed E-state index contributed by atoms with van der Waals surface area (Å²) in [6, 6.07) is 16.4. The van der Waals surface area contributed by atoms with Gasteiger partial charge >= 0.3 is 5.69 Å². The number of nitrogens with zero attached hydrogens (tertiary/aromatic N) is 3. The molecule has 0 saturated carbocycles. The minimum absolute atomic E-state index is 0.163. The number of aromatic amines is 1. The Kier molecular flexibility index (Phi) is 4.70. The number of aryl methyl sites for hydroxylation is 1. The van der Waals surface area contributed by atoms with Crippen LogP contribution in [0.3, 0.4) is 0 Å². The zero-order chi connectivity index (χ0) is 21.4. The number of hydrogen-bond acceptors (Lipinski definition) is 6. The zero-order valence-corrected chi connectivity index (χ0v) is 16.9. The minimum Gasteiger partial charge on any atom is -0.486 e. The first-order valence-electron chi connectivity index (χ1n) is 9.95. The second-order valence-corrected chi connectivity index (χ2v) is 7.38. The fraction of sp³-hybridized carbons (Fsp3) is 0.227. The van der Waals surface area contributed by atoms with Crippen LogP contribution in [0.5, 0.6) is 11.5 Å². The molecule has 1 aliphatic heterocycles. The molecule has 0 aliphatic carbocycles. The van der Waals surface area contributed by atoms with Crippen LogP contribution in [0.1, 0.15) is 5.69 Å². The van der Waals surface area contributed by atoms with E-state index in [1.807, 2.05) is 48.5 Å². The van der Waals surface area contributed by atoms with Crippen LogP contribution in [0.25, 0.3) is 11.0 Å². The molecule has 2 aromatic carbocycles. The van der Waals surface area contributed by atoms with E-state index in [2.05, 4.69) is 15.3 Å². The summed E-state index contributed by atoms with van der Waals surface area (Å²) in [5.41, 5.74) is 1.63. The summed E-state index contributed by atoms with van der Waals surface area (Å²) in [7, 11) is 1.73. The lowest BCUT2D eigenvalue weighted by atomic mass is 10.2. The molecule has 1 atom stereocenters. The van der Waals surface area contributed by atoms with Crippen LogP contribution in [0.15, 0.2) is 64.2 Å². The Labute approximate surface area is 176 Å². The molecule has 0 spiro atoms. The maximum Gasteiger partial charge on any atom is 0.329 e. The third-order valence-corrected chi connectivity index (χ3v) is 5.23. The predicted molar refractivity (Wildman–Crippen MR) is 116 cm³/mol. The van der Waals surface area contributed by atoms with E-state index in [1.54, 1.807) is 16.2 Å².